The number of benzene rings is 1. The van der Waals surface area contributed by atoms with Crippen molar-refractivity contribution in [2.45, 2.75) is 25.7 Å². The first-order valence-corrected chi connectivity index (χ1v) is 5.90. The molecule has 18 heavy (non-hydrogen) atoms. The van der Waals surface area contributed by atoms with Crippen LogP contribution in [0.15, 0.2) is 18.2 Å². The minimum absolute atomic E-state index is 0.0559. The zero-order chi connectivity index (χ0) is 13.5. The summed E-state index contributed by atoms with van der Waals surface area (Å²) in [4.78, 5) is 11.3. The molecule has 1 N–H and O–H groups in total. The van der Waals surface area contributed by atoms with Gasteiger partial charge in [0.25, 0.3) is 0 Å². The van der Waals surface area contributed by atoms with Gasteiger partial charge in [-0.25, -0.2) is 13.8 Å². The van der Waals surface area contributed by atoms with Crippen molar-refractivity contribution in [2.24, 2.45) is 0 Å². The van der Waals surface area contributed by atoms with Gasteiger partial charge in [0, 0.05) is 26.6 Å². The lowest BCUT2D eigenvalue weighted by Gasteiger charge is -2.11. The van der Waals surface area contributed by atoms with Gasteiger partial charge >= 0.3 is 0 Å². The van der Waals surface area contributed by atoms with Gasteiger partial charge in [0.2, 0.25) is 5.91 Å². The van der Waals surface area contributed by atoms with E-state index in [9.17, 15) is 13.6 Å². The van der Waals surface area contributed by atoms with E-state index in [-0.39, 0.29) is 5.91 Å². The fourth-order valence-electron chi connectivity index (χ4n) is 1.63. The van der Waals surface area contributed by atoms with E-state index in [1.54, 1.807) is 19.1 Å². The summed E-state index contributed by atoms with van der Waals surface area (Å²) < 4.78 is 25.9. The summed E-state index contributed by atoms with van der Waals surface area (Å²) in [5.41, 5.74) is 3.12. The molecule has 1 aromatic carbocycles. The highest BCUT2D eigenvalue weighted by Gasteiger charge is 2.05. The van der Waals surface area contributed by atoms with Crippen LogP contribution in [0.5, 0.6) is 0 Å². The van der Waals surface area contributed by atoms with Crippen molar-refractivity contribution in [1.29, 1.82) is 0 Å². The Bertz CT molecular complexity index is 408. The van der Waals surface area contributed by atoms with Crippen LogP contribution in [-0.4, -0.2) is 25.0 Å². The van der Waals surface area contributed by atoms with Crippen LogP contribution in [0, 0.1) is 11.6 Å². The van der Waals surface area contributed by atoms with Crippen LogP contribution in [0.3, 0.4) is 0 Å². The molecule has 0 aliphatic heterocycles. The van der Waals surface area contributed by atoms with Crippen molar-refractivity contribution in [3.05, 3.63) is 35.4 Å². The quantitative estimate of drug-likeness (QED) is 0.625. The molecule has 0 heterocycles. The second-order valence-electron chi connectivity index (χ2n) is 4.37. The SMILES string of the molecule is CN(C)NC(=O)CCCCc1ccc(F)cc1F. The van der Waals surface area contributed by atoms with Gasteiger partial charge in [-0.3, -0.25) is 10.2 Å². The van der Waals surface area contributed by atoms with Gasteiger partial charge in [0.05, 0.1) is 0 Å². The number of aryl methyl sites for hydroxylation is 1. The van der Waals surface area contributed by atoms with Crippen molar-refractivity contribution in [3.8, 4) is 0 Å². The Labute approximate surface area is 106 Å². The lowest BCUT2D eigenvalue weighted by Crippen LogP contribution is -2.35. The Hall–Kier alpha value is -1.49. The first-order chi connectivity index (χ1) is 8.49. The molecule has 0 atom stereocenters. The van der Waals surface area contributed by atoms with E-state index in [1.807, 2.05) is 0 Å². The number of rotatable bonds is 6. The second-order valence-corrected chi connectivity index (χ2v) is 4.37. The Morgan fingerprint density at radius 2 is 2.00 bits per heavy atom. The molecule has 0 bridgehead atoms. The summed E-state index contributed by atoms with van der Waals surface area (Å²) >= 11 is 0. The number of hydrogen-bond acceptors (Lipinski definition) is 2. The monoisotopic (exact) mass is 256 g/mol. The van der Waals surface area contributed by atoms with Gasteiger partial charge in [0.1, 0.15) is 11.6 Å². The van der Waals surface area contributed by atoms with Crippen LogP contribution in [0.1, 0.15) is 24.8 Å². The molecule has 100 valence electrons. The minimum Gasteiger partial charge on any atom is -0.289 e. The summed E-state index contributed by atoms with van der Waals surface area (Å²) in [6.07, 6.45) is 2.29. The topological polar surface area (TPSA) is 32.3 Å². The molecule has 1 amide bonds. The fraction of sp³-hybridized carbons (Fsp3) is 0.462. The molecule has 0 fully saturated rings. The molecule has 0 saturated carbocycles. The number of nitrogens with one attached hydrogen (secondary N) is 1. The fourth-order valence-corrected chi connectivity index (χ4v) is 1.63. The Kier molecular flexibility index (Phi) is 5.71. The third kappa shape index (κ3) is 5.23. The number of hydrogen-bond donors (Lipinski definition) is 1. The van der Waals surface area contributed by atoms with E-state index >= 15 is 0 Å². The van der Waals surface area contributed by atoms with Crippen molar-refractivity contribution < 1.29 is 13.6 Å². The summed E-state index contributed by atoms with van der Waals surface area (Å²) in [6.45, 7) is 0. The smallest absolute Gasteiger partial charge is 0.234 e. The van der Waals surface area contributed by atoms with Crippen LogP contribution in [-0.2, 0) is 11.2 Å². The molecule has 1 aromatic rings. The zero-order valence-corrected chi connectivity index (χ0v) is 10.7. The van der Waals surface area contributed by atoms with E-state index in [0.717, 1.165) is 6.07 Å². The van der Waals surface area contributed by atoms with Gasteiger partial charge in [-0.2, -0.15) is 0 Å². The first-order valence-electron chi connectivity index (χ1n) is 5.90. The largest absolute Gasteiger partial charge is 0.289 e. The Balaban J connectivity index is 2.27. The molecule has 0 aliphatic rings. The van der Waals surface area contributed by atoms with Crippen LogP contribution in [0.4, 0.5) is 8.78 Å². The van der Waals surface area contributed by atoms with Crippen LogP contribution < -0.4 is 5.43 Å². The van der Waals surface area contributed by atoms with Gasteiger partial charge in [-0.15, -0.1) is 0 Å². The highest BCUT2D eigenvalue weighted by atomic mass is 19.1. The first kappa shape index (κ1) is 14.6. The van der Waals surface area contributed by atoms with Crippen molar-refractivity contribution in [3.63, 3.8) is 0 Å². The van der Waals surface area contributed by atoms with E-state index in [4.69, 9.17) is 0 Å². The van der Waals surface area contributed by atoms with Gasteiger partial charge < -0.3 is 0 Å². The average molecular weight is 256 g/mol. The molecular weight excluding hydrogens is 238 g/mol. The number of halogens is 2. The normalized spacial score (nSPS) is 10.7. The van der Waals surface area contributed by atoms with E-state index < -0.39 is 11.6 Å². The average Bonchev–Trinajstić information content (AvgIpc) is 2.25. The van der Waals surface area contributed by atoms with E-state index in [2.05, 4.69) is 5.43 Å². The molecule has 0 saturated heterocycles. The Morgan fingerprint density at radius 1 is 1.28 bits per heavy atom. The molecule has 3 nitrogen and oxygen atoms in total. The number of unbranched alkanes of at least 4 members (excludes halogenated alkanes) is 1. The van der Waals surface area contributed by atoms with Gasteiger partial charge in [-0.1, -0.05) is 6.07 Å². The van der Waals surface area contributed by atoms with Gasteiger partial charge in [0.15, 0.2) is 0 Å². The highest BCUT2D eigenvalue weighted by Crippen LogP contribution is 2.13. The predicted molar refractivity (Wildman–Crippen MR) is 65.7 cm³/mol. The minimum atomic E-state index is -0.568. The lowest BCUT2D eigenvalue weighted by atomic mass is 10.1. The maximum atomic E-state index is 13.3. The van der Waals surface area contributed by atoms with Crippen LogP contribution >= 0.6 is 0 Å². The molecule has 0 aromatic heterocycles. The van der Waals surface area contributed by atoms with E-state index in [0.29, 0.717) is 31.2 Å². The number of nitrogens with zero attached hydrogens (tertiary/aromatic N) is 1. The summed E-state index contributed by atoms with van der Waals surface area (Å²) in [5, 5.41) is 1.59. The number of amides is 1. The van der Waals surface area contributed by atoms with Crippen LogP contribution in [0.2, 0.25) is 0 Å². The third-order valence-corrected chi connectivity index (χ3v) is 2.46. The van der Waals surface area contributed by atoms with Crippen LogP contribution in [0.25, 0.3) is 0 Å². The summed E-state index contributed by atoms with van der Waals surface area (Å²) in [6, 6.07) is 3.58. The molecule has 1 rings (SSSR count). The predicted octanol–water partition coefficient (Wildman–Crippen LogP) is 2.27. The number of carbonyl (C=O) groups is 1. The number of hydrazine groups is 1. The lowest BCUT2D eigenvalue weighted by molar-refractivity contribution is -0.124. The zero-order valence-electron chi connectivity index (χ0n) is 10.7. The second kappa shape index (κ2) is 7.06. The maximum Gasteiger partial charge on any atom is 0.234 e. The molecule has 0 aliphatic carbocycles. The number of carbonyl (C=O) groups excluding carboxylic acids is 1. The van der Waals surface area contributed by atoms with Crippen molar-refractivity contribution >= 4 is 5.91 Å². The maximum absolute atomic E-state index is 13.3. The Morgan fingerprint density at radius 3 is 2.61 bits per heavy atom. The standard InChI is InChI=1S/C13H18F2N2O/c1-17(2)16-13(18)6-4-3-5-10-7-8-11(14)9-12(10)15/h7-9H,3-6H2,1-2H3,(H,16,18). The summed E-state index contributed by atoms with van der Waals surface area (Å²) in [5.74, 6) is -1.14. The van der Waals surface area contributed by atoms with Crippen molar-refractivity contribution in [1.82, 2.24) is 10.4 Å². The molecule has 0 unspecified atom stereocenters. The molecule has 0 radical (unpaired) electrons. The molecular formula is C13H18F2N2O. The molecule has 0 spiro atoms. The van der Waals surface area contributed by atoms with Gasteiger partial charge in [-0.05, 0) is 30.9 Å². The summed E-state index contributed by atoms with van der Waals surface area (Å²) in [7, 11) is 3.48. The van der Waals surface area contributed by atoms with E-state index in [1.165, 1.54) is 12.1 Å². The molecule has 5 heteroatoms. The highest BCUT2D eigenvalue weighted by molar-refractivity contribution is 5.75. The van der Waals surface area contributed by atoms with Crippen molar-refractivity contribution in [2.75, 3.05) is 14.1 Å². The third-order valence-electron chi connectivity index (χ3n) is 2.46.